The van der Waals surface area contributed by atoms with Gasteiger partial charge in [0.05, 0.1) is 12.7 Å². The fourth-order valence-corrected chi connectivity index (χ4v) is 0.660. The van der Waals surface area contributed by atoms with E-state index >= 15 is 0 Å². The minimum atomic E-state index is 0.249. The number of ether oxygens (including phenoxy) is 1. The van der Waals surface area contributed by atoms with E-state index in [0.29, 0.717) is 18.3 Å². The monoisotopic (exact) mass is 183 g/mol. The Hall–Kier alpha value is -1.26. The second-order valence-corrected chi connectivity index (χ2v) is 2.75. The minimum Gasteiger partial charge on any atom is -0.508 e. The molecule has 1 unspecified atom stereocenters. The zero-order valence-electron chi connectivity index (χ0n) is 8.23. The molecule has 1 aromatic rings. The summed E-state index contributed by atoms with van der Waals surface area (Å²) in [4.78, 5) is 0. The quantitative estimate of drug-likeness (QED) is 0.350. The predicted molar refractivity (Wildman–Crippen MR) is 51.3 cm³/mol. The van der Waals surface area contributed by atoms with E-state index in [9.17, 15) is 0 Å². The van der Waals surface area contributed by atoms with Crippen molar-refractivity contribution in [2.24, 2.45) is 5.73 Å². The maximum Gasteiger partial charge on any atom is 0.118 e. The van der Waals surface area contributed by atoms with Gasteiger partial charge < -0.3 is 21.3 Å². The molecule has 2 rings (SSSR count). The van der Waals surface area contributed by atoms with Gasteiger partial charge in [-0.15, -0.1) is 0 Å². The Bertz CT molecular complexity index is 241. The predicted octanol–water partition coefficient (Wildman–Crippen LogP) is 0.318. The first-order valence-electron chi connectivity index (χ1n) is 4.53. The van der Waals surface area contributed by atoms with E-state index in [1.54, 1.807) is 24.3 Å². The molecular formula is C9H14N2O2. The van der Waals surface area contributed by atoms with E-state index in [-0.39, 0.29) is 5.75 Å². The lowest BCUT2D eigenvalue weighted by Gasteiger charge is -1.89. The van der Waals surface area contributed by atoms with Crippen molar-refractivity contribution in [2.75, 3.05) is 18.9 Å². The molecule has 0 amide bonds. The van der Waals surface area contributed by atoms with Crippen LogP contribution < -0.4 is 11.5 Å². The molecule has 1 heterocycles. The Labute approximate surface area is 78.6 Å². The van der Waals surface area contributed by atoms with E-state index in [1.807, 2.05) is 0 Å². The van der Waals surface area contributed by atoms with Gasteiger partial charge in [-0.3, -0.25) is 0 Å². The van der Waals surface area contributed by atoms with Crippen molar-refractivity contribution in [1.82, 2.24) is 0 Å². The topological polar surface area (TPSA) is 84.8 Å². The largest absolute Gasteiger partial charge is 0.508 e. The van der Waals surface area contributed by atoms with Crippen molar-refractivity contribution in [3.63, 3.8) is 0 Å². The van der Waals surface area contributed by atoms with Gasteiger partial charge in [0.25, 0.3) is 0 Å². The molecule has 0 radical (unpaired) electrons. The summed E-state index contributed by atoms with van der Waals surface area (Å²) in [5.41, 5.74) is 8.24. The number of anilines is 1. The molecule has 1 aromatic carbocycles. The van der Waals surface area contributed by atoms with Crippen molar-refractivity contribution >= 4 is 5.69 Å². The molecule has 4 nitrogen and oxygen atoms in total. The van der Waals surface area contributed by atoms with Gasteiger partial charge >= 0.3 is 0 Å². The SMILES string of the molecule is Nc1ccc(O)cc1.[2H]NCC1CO1. The number of phenolic OH excluding ortho intramolecular Hbond substituents is 1. The van der Waals surface area contributed by atoms with Crippen LogP contribution in [0.1, 0.15) is 0 Å². The van der Waals surface area contributed by atoms with Crippen molar-refractivity contribution < 1.29 is 11.3 Å². The number of benzene rings is 1. The smallest absolute Gasteiger partial charge is 0.118 e. The summed E-state index contributed by atoms with van der Waals surface area (Å²) >= 11 is 0. The fraction of sp³-hybridized carbons (Fsp3) is 0.333. The molecule has 1 saturated heterocycles. The van der Waals surface area contributed by atoms with Gasteiger partial charge in [0, 0.05) is 12.2 Å². The summed E-state index contributed by atoms with van der Waals surface area (Å²) in [6, 6.07) is 6.40. The number of hydrogen-bond donors (Lipinski definition) is 3. The van der Waals surface area contributed by atoms with Crippen LogP contribution in [0.15, 0.2) is 24.3 Å². The lowest BCUT2D eigenvalue weighted by molar-refractivity contribution is 0.412. The van der Waals surface area contributed by atoms with Crippen LogP contribution in [0.4, 0.5) is 5.69 Å². The Morgan fingerprint density at radius 3 is 2.46 bits per heavy atom. The van der Waals surface area contributed by atoms with E-state index in [4.69, 9.17) is 17.0 Å². The maximum atomic E-state index is 8.70. The number of epoxide rings is 1. The molecule has 1 aliphatic rings. The van der Waals surface area contributed by atoms with Gasteiger partial charge in [0.15, 0.2) is 0 Å². The highest BCUT2D eigenvalue weighted by molar-refractivity contribution is 5.40. The van der Waals surface area contributed by atoms with Crippen molar-refractivity contribution in [3.8, 4) is 5.75 Å². The second-order valence-electron chi connectivity index (χ2n) is 2.75. The molecule has 1 aliphatic heterocycles. The summed E-state index contributed by atoms with van der Waals surface area (Å²) in [6.07, 6.45) is 0.350. The normalized spacial score (nSPS) is 19.7. The molecule has 4 heteroatoms. The average Bonchev–Trinajstić information content (AvgIpc) is 2.96. The van der Waals surface area contributed by atoms with Crippen LogP contribution in [0.2, 0.25) is 1.41 Å². The third kappa shape index (κ3) is 4.35. The Morgan fingerprint density at radius 1 is 1.54 bits per heavy atom. The van der Waals surface area contributed by atoms with Crippen LogP contribution in [-0.4, -0.2) is 24.4 Å². The van der Waals surface area contributed by atoms with Gasteiger partial charge in [0.1, 0.15) is 7.16 Å². The molecule has 0 saturated carbocycles. The van der Waals surface area contributed by atoms with Crippen molar-refractivity contribution in [1.29, 1.82) is 0 Å². The number of hydrogen-bond acceptors (Lipinski definition) is 4. The van der Waals surface area contributed by atoms with Crippen LogP contribution in [0.5, 0.6) is 5.75 Å². The number of phenols is 1. The molecule has 1 fully saturated rings. The van der Waals surface area contributed by atoms with Crippen LogP contribution in [0, 0.1) is 0 Å². The zero-order valence-corrected chi connectivity index (χ0v) is 7.23. The second kappa shape index (κ2) is 4.69. The first-order valence-corrected chi connectivity index (χ1v) is 4.03. The highest BCUT2D eigenvalue weighted by Crippen LogP contribution is 2.09. The molecular weight excluding hydrogens is 168 g/mol. The van der Waals surface area contributed by atoms with Crippen molar-refractivity contribution in [2.45, 2.75) is 6.10 Å². The molecule has 0 aliphatic carbocycles. The highest BCUT2D eigenvalue weighted by Gasteiger charge is 2.18. The van der Waals surface area contributed by atoms with Gasteiger partial charge in [-0.05, 0) is 24.3 Å². The average molecular weight is 183 g/mol. The van der Waals surface area contributed by atoms with Crippen molar-refractivity contribution in [3.05, 3.63) is 24.3 Å². The van der Waals surface area contributed by atoms with E-state index in [2.05, 4.69) is 5.73 Å². The number of nitrogen functional groups attached to an aromatic ring is 1. The minimum absolute atomic E-state index is 0.249. The van der Waals surface area contributed by atoms with Gasteiger partial charge in [-0.1, -0.05) is 0 Å². The molecule has 0 aromatic heterocycles. The van der Waals surface area contributed by atoms with Gasteiger partial charge in [-0.25, -0.2) is 0 Å². The third-order valence-electron chi connectivity index (χ3n) is 1.52. The Balaban J connectivity index is 0.000000146. The molecule has 0 spiro atoms. The van der Waals surface area contributed by atoms with E-state index in [0.717, 1.165) is 6.61 Å². The Morgan fingerprint density at radius 2 is 2.15 bits per heavy atom. The van der Waals surface area contributed by atoms with Crippen LogP contribution in [0.25, 0.3) is 0 Å². The summed E-state index contributed by atoms with van der Waals surface area (Å²) in [7, 11) is 0. The fourth-order valence-electron chi connectivity index (χ4n) is 0.660. The maximum absolute atomic E-state index is 8.70. The molecule has 5 N–H and O–H groups in total. The van der Waals surface area contributed by atoms with Crippen LogP contribution in [-0.2, 0) is 4.74 Å². The molecule has 72 valence electrons. The summed E-state index contributed by atoms with van der Waals surface area (Å²) < 4.78 is 11.2. The molecule has 1 atom stereocenters. The number of nitrogens with two attached hydrogens (primary N) is 2. The standard InChI is InChI=1S/C6H7NO.C3H7NO/c7-5-1-3-6(8)4-2-5;4-1-3-2-5-3/h1-4,8H,7H2;3H,1-2,4H2/i/hD. The zero-order chi connectivity index (χ0) is 10.4. The third-order valence-corrected chi connectivity index (χ3v) is 1.52. The van der Waals surface area contributed by atoms with Crippen LogP contribution >= 0.6 is 0 Å². The molecule has 0 bridgehead atoms. The Kier molecular flexibility index (Phi) is 3.01. The number of aromatic hydroxyl groups is 1. The first-order chi connectivity index (χ1) is 6.72. The highest BCUT2D eigenvalue weighted by atomic mass is 16.6. The summed E-state index contributed by atoms with van der Waals surface area (Å²) in [5, 5.41) is 8.70. The number of rotatable bonds is 2. The lowest BCUT2D eigenvalue weighted by atomic mass is 10.3. The molecule has 13 heavy (non-hydrogen) atoms. The van der Waals surface area contributed by atoms with Gasteiger partial charge in [0.2, 0.25) is 0 Å². The summed E-state index contributed by atoms with van der Waals surface area (Å²) in [6.45, 7) is 1.52. The summed E-state index contributed by atoms with van der Waals surface area (Å²) in [5.74, 6) is 0.249. The first kappa shape index (κ1) is 8.34. The lowest BCUT2D eigenvalue weighted by Crippen LogP contribution is -2.05. The van der Waals surface area contributed by atoms with E-state index in [1.165, 1.54) is 0 Å². The van der Waals surface area contributed by atoms with Gasteiger partial charge in [-0.2, -0.15) is 0 Å². The van der Waals surface area contributed by atoms with Crippen LogP contribution in [0.3, 0.4) is 0 Å². The van der Waals surface area contributed by atoms with E-state index < -0.39 is 0 Å².